The maximum Gasteiger partial charge on any atom is 0.283 e. The van der Waals surface area contributed by atoms with Gasteiger partial charge in [0.2, 0.25) is 0 Å². The summed E-state index contributed by atoms with van der Waals surface area (Å²) in [5, 5.41) is 22.4. The van der Waals surface area contributed by atoms with Gasteiger partial charge >= 0.3 is 0 Å². The van der Waals surface area contributed by atoms with E-state index in [0.717, 1.165) is 0 Å². The highest BCUT2D eigenvalue weighted by Crippen LogP contribution is 2.26. The Morgan fingerprint density at radius 3 is 2.67 bits per heavy atom. The highest BCUT2D eigenvalue weighted by molar-refractivity contribution is 6.34. The van der Waals surface area contributed by atoms with Crippen LogP contribution in [0.15, 0.2) is 18.2 Å². The van der Waals surface area contributed by atoms with Gasteiger partial charge in [-0.1, -0.05) is 17.7 Å². The van der Waals surface area contributed by atoms with Gasteiger partial charge in [0.05, 0.1) is 22.1 Å². The number of nitro groups is 1. The molecule has 1 amide bonds. The second-order valence-corrected chi connectivity index (χ2v) is 4.79. The molecule has 0 saturated carbocycles. The molecule has 0 fully saturated rings. The molecule has 0 aromatic heterocycles. The van der Waals surface area contributed by atoms with E-state index in [-0.39, 0.29) is 22.9 Å². The van der Waals surface area contributed by atoms with Gasteiger partial charge in [0.15, 0.2) is 0 Å². The van der Waals surface area contributed by atoms with Gasteiger partial charge in [0.25, 0.3) is 11.6 Å². The normalized spacial score (nSPS) is 11.1. The number of aliphatic hydroxyl groups is 1. The number of aliphatic hydroxyl groups excluding tert-OH is 1. The number of carbonyl (C=O) groups excluding carboxylic acids is 1. The minimum Gasteiger partial charge on any atom is -0.394 e. The van der Waals surface area contributed by atoms with Gasteiger partial charge in [-0.25, -0.2) is 0 Å². The molecule has 0 unspecified atom stereocenters. The van der Waals surface area contributed by atoms with Crippen LogP contribution in [0.5, 0.6) is 0 Å². The first kappa shape index (κ1) is 14.4. The van der Waals surface area contributed by atoms with E-state index < -0.39 is 16.4 Å². The summed E-state index contributed by atoms with van der Waals surface area (Å²) in [6.07, 6.45) is 0. The number of amides is 1. The predicted octanol–water partition coefficient (Wildman–Crippen LogP) is 1.75. The van der Waals surface area contributed by atoms with E-state index in [1.165, 1.54) is 18.2 Å². The third-order valence-electron chi connectivity index (χ3n) is 2.26. The van der Waals surface area contributed by atoms with Crippen molar-refractivity contribution < 1.29 is 14.8 Å². The molecule has 0 heterocycles. The molecule has 2 N–H and O–H groups in total. The molecule has 0 radical (unpaired) electrons. The van der Waals surface area contributed by atoms with Crippen LogP contribution in [0, 0.1) is 10.1 Å². The van der Waals surface area contributed by atoms with E-state index in [2.05, 4.69) is 5.32 Å². The molecular formula is C11H13ClN2O4. The van der Waals surface area contributed by atoms with Crippen molar-refractivity contribution in [2.45, 2.75) is 19.4 Å². The number of hydrogen-bond donors (Lipinski definition) is 2. The quantitative estimate of drug-likeness (QED) is 0.645. The zero-order valence-electron chi connectivity index (χ0n) is 9.94. The van der Waals surface area contributed by atoms with E-state index in [9.17, 15) is 14.9 Å². The lowest BCUT2D eigenvalue weighted by atomic mass is 10.1. The standard InChI is InChI=1S/C11H13ClN2O4/c1-11(2,6-15)13-10(16)9-7(12)4-3-5-8(9)14(17)18/h3-5,15H,6H2,1-2H3,(H,13,16). The fraction of sp³-hybridized carbons (Fsp3) is 0.364. The predicted molar refractivity (Wildman–Crippen MR) is 66.7 cm³/mol. The number of carbonyl (C=O) groups is 1. The molecule has 0 aliphatic rings. The Morgan fingerprint density at radius 1 is 1.56 bits per heavy atom. The summed E-state index contributed by atoms with van der Waals surface area (Å²) in [7, 11) is 0. The number of halogens is 1. The highest BCUT2D eigenvalue weighted by atomic mass is 35.5. The first-order valence-corrected chi connectivity index (χ1v) is 5.52. The van der Waals surface area contributed by atoms with E-state index in [1.54, 1.807) is 13.8 Å². The average molecular weight is 273 g/mol. The van der Waals surface area contributed by atoms with Crippen LogP contribution >= 0.6 is 11.6 Å². The van der Waals surface area contributed by atoms with Crippen molar-refractivity contribution in [1.82, 2.24) is 5.32 Å². The van der Waals surface area contributed by atoms with Crippen LogP contribution in [-0.2, 0) is 0 Å². The third kappa shape index (κ3) is 3.18. The van der Waals surface area contributed by atoms with E-state index in [1.807, 2.05) is 0 Å². The van der Waals surface area contributed by atoms with Crippen molar-refractivity contribution in [3.8, 4) is 0 Å². The van der Waals surface area contributed by atoms with Crippen LogP contribution < -0.4 is 5.32 Å². The molecule has 0 spiro atoms. The molecule has 18 heavy (non-hydrogen) atoms. The molecule has 0 saturated heterocycles. The number of rotatable bonds is 4. The first-order valence-electron chi connectivity index (χ1n) is 5.15. The molecule has 98 valence electrons. The Morgan fingerprint density at radius 2 is 2.17 bits per heavy atom. The Labute approximate surface area is 109 Å². The van der Waals surface area contributed by atoms with Gasteiger partial charge in [-0.15, -0.1) is 0 Å². The number of nitrogens with one attached hydrogen (secondary N) is 1. The summed E-state index contributed by atoms with van der Waals surface area (Å²) in [6, 6.07) is 4.00. The van der Waals surface area contributed by atoms with Crippen molar-refractivity contribution >= 4 is 23.2 Å². The summed E-state index contributed by atoms with van der Waals surface area (Å²) in [6.45, 7) is 2.89. The number of hydrogen-bond acceptors (Lipinski definition) is 4. The number of nitrogens with zero attached hydrogens (tertiary/aromatic N) is 1. The number of nitro benzene ring substituents is 1. The second kappa shape index (κ2) is 5.32. The maximum atomic E-state index is 12.0. The Hall–Kier alpha value is -1.66. The zero-order chi connectivity index (χ0) is 13.9. The molecule has 7 heteroatoms. The van der Waals surface area contributed by atoms with Gasteiger partial charge in [-0.3, -0.25) is 14.9 Å². The van der Waals surface area contributed by atoms with Crippen LogP contribution in [0.4, 0.5) is 5.69 Å². The van der Waals surface area contributed by atoms with Crippen molar-refractivity contribution in [2.75, 3.05) is 6.61 Å². The van der Waals surface area contributed by atoms with Crippen LogP contribution in [0.3, 0.4) is 0 Å². The molecule has 0 atom stereocenters. The SMILES string of the molecule is CC(C)(CO)NC(=O)c1c(Cl)cccc1[N+](=O)[O-]. The highest BCUT2D eigenvalue weighted by Gasteiger charge is 2.27. The zero-order valence-corrected chi connectivity index (χ0v) is 10.7. The van der Waals surface area contributed by atoms with Crippen molar-refractivity contribution in [3.05, 3.63) is 38.9 Å². The van der Waals surface area contributed by atoms with Gasteiger partial charge in [0.1, 0.15) is 5.56 Å². The van der Waals surface area contributed by atoms with Crippen LogP contribution in [0.25, 0.3) is 0 Å². The fourth-order valence-corrected chi connectivity index (χ4v) is 1.55. The van der Waals surface area contributed by atoms with Crippen molar-refractivity contribution in [2.24, 2.45) is 0 Å². The van der Waals surface area contributed by atoms with Gasteiger partial charge < -0.3 is 10.4 Å². The molecule has 0 aliphatic heterocycles. The molecule has 0 aliphatic carbocycles. The first-order chi connectivity index (χ1) is 8.28. The van der Waals surface area contributed by atoms with Crippen LogP contribution in [0.1, 0.15) is 24.2 Å². The molecule has 6 nitrogen and oxygen atoms in total. The third-order valence-corrected chi connectivity index (χ3v) is 2.58. The minimum atomic E-state index is -0.885. The second-order valence-electron chi connectivity index (χ2n) is 4.39. The van der Waals surface area contributed by atoms with E-state index in [4.69, 9.17) is 16.7 Å². The van der Waals surface area contributed by atoms with Gasteiger partial charge in [0, 0.05) is 6.07 Å². The van der Waals surface area contributed by atoms with E-state index >= 15 is 0 Å². The van der Waals surface area contributed by atoms with Gasteiger partial charge in [-0.2, -0.15) is 0 Å². The molecular weight excluding hydrogens is 260 g/mol. The van der Waals surface area contributed by atoms with Gasteiger partial charge in [-0.05, 0) is 19.9 Å². The summed E-state index contributed by atoms with van der Waals surface area (Å²) in [5.74, 6) is -0.689. The monoisotopic (exact) mass is 272 g/mol. The Kier molecular flexibility index (Phi) is 4.26. The molecule has 1 aromatic carbocycles. The molecule has 1 rings (SSSR count). The maximum absolute atomic E-state index is 12.0. The average Bonchev–Trinajstić information content (AvgIpc) is 2.27. The Bertz CT molecular complexity index is 488. The lowest BCUT2D eigenvalue weighted by Crippen LogP contribution is -2.46. The van der Waals surface area contributed by atoms with Crippen molar-refractivity contribution in [3.63, 3.8) is 0 Å². The van der Waals surface area contributed by atoms with Crippen LogP contribution in [-0.4, -0.2) is 28.1 Å². The lowest BCUT2D eigenvalue weighted by molar-refractivity contribution is -0.385. The summed E-state index contributed by atoms with van der Waals surface area (Å²) in [5.41, 5.74) is -1.45. The summed E-state index contributed by atoms with van der Waals surface area (Å²) < 4.78 is 0. The number of benzene rings is 1. The fourth-order valence-electron chi connectivity index (χ4n) is 1.30. The van der Waals surface area contributed by atoms with Crippen LogP contribution in [0.2, 0.25) is 5.02 Å². The summed E-state index contributed by atoms with van der Waals surface area (Å²) in [4.78, 5) is 22.1. The largest absolute Gasteiger partial charge is 0.394 e. The summed E-state index contributed by atoms with van der Waals surface area (Å²) >= 11 is 5.81. The molecule has 0 bridgehead atoms. The van der Waals surface area contributed by atoms with Crippen molar-refractivity contribution in [1.29, 1.82) is 0 Å². The Balaban J connectivity index is 3.17. The lowest BCUT2D eigenvalue weighted by Gasteiger charge is -2.23. The minimum absolute atomic E-state index is 0.00422. The topological polar surface area (TPSA) is 92.5 Å². The smallest absolute Gasteiger partial charge is 0.283 e. The van der Waals surface area contributed by atoms with E-state index in [0.29, 0.717) is 0 Å². The molecule has 1 aromatic rings.